The van der Waals surface area contributed by atoms with Crippen LogP contribution in [0.25, 0.3) is 0 Å². The molecule has 0 aliphatic heterocycles. The average Bonchev–Trinajstić information content (AvgIpc) is 2.57. The van der Waals surface area contributed by atoms with Crippen molar-refractivity contribution >= 4 is 41.0 Å². The highest BCUT2D eigenvalue weighted by Gasteiger charge is 2.19. The Balaban J connectivity index is 4.10. The van der Waals surface area contributed by atoms with Crippen LogP contribution in [0.5, 0.6) is 0 Å². The summed E-state index contributed by atoms with van der Waals surface area (Å²) in [5, 5.41) is 8.04. The highest BCUT2D eigenvalue weighted by atomic mass is 32.2. The van der Waals surface area contributed by atoms with E-state index in [2.05, 4.69) is 16.0 Å². The fourth-order valence-corrected chi connectivity index (χ4v) is 2.78. The van der Waals surface area contributed by atoms with Crippen molar-refractivity contribution in [3.05, 3.63) is 0 Å². The van der Waals surface area contributed by atoms with Gasteiger partial charge in [0.25, 0.3) is 0 Å². The van der Waals surface area contributed by atoms with Crippen LogP contribution in [0.15, 0.2) is 0 Å². The largest absolute Gasteiger partial charge is 0.354 e. The molecule has 8 nitrogen and oxygen atoms in total. The van der Waals surface area contributed by atoms with Gasteiger partial charge in [-0.15, -0.1) is 0 Å². The molecule has 0 bridgehead atoms. The molecule has 3 N–H and O–H groups in total. The summed E-state index contributed by atoms with van der Waals surface area (Å²) >= 11 is 1.44. The molecule has 0 aromatic heterocycles. The molecular weight excluding hydrogens is 370 g/mol. The Morgan fingerprint density at radius 2 is 1.30 bits per heavy atom. The van der Waals surface area contributed by atoms with Crippen LogP contribution in [0, 0.1) is 0 Å². The minimum Gasteiger partial charge on any atom is -0.354 e. The van der Waals surface area contributed by atoms with Crippen molar-refractivity contribution in [1.82, 2.24) is 16.0 Å². The van der Waals surface area contributed by atoms with Gasteiger partial charge in [0.2, 0.25) is 17.7 Å². The van der Waals surface area contributed by atoms with Gasteiger partial charge in [0.15, 0.2) is 0 Å². The van der Waals surface area contributed by atoms with E-state index < -0.39 is 6.04 Å². The molecule has 0 saturated heterocycles. The second-order valence-electron chi connectivity index (χ2n) is 6.33. The van der Waals surface area contributed by atoms with Gasteiger partial charge in [0.05, 0.1) is 0 Å². The third-order valence-electron chi connectivity index (χ3n) is 3.60. The maximum atomic E-state index is 12.2. The highest BCUT2D eigenvalue weighted by Crippen LogP contribution is 2.01. The van der Waals surface area contributed by atoms with Crippen LogP contribution in [0.1, 0.15) is 52.4 Å². The number of Topliss-reactive ketones (excluding diaryl/α,β-unsaturated/α-hetero) is 2. The monoisotopic (exact) mass is 401 g/mol. The molecule has 0 aromatic rings. The number of amides is 3. The van der Waals surface area contributed by atoms with Crippen molar-refractivity contribution in [2.45, 2.75) is 58.4 Å². The van der Waals surface area contributed by atoms with Crippen molar-refractivity contribution in [1.29, 1.82) is 0 Å². The maximum Gasteiger partial charge on any atom is 0.243 e. The van der Waals surface area contributed by atoms with Crippen molar-refractivity contribution in [2.75, 3.05) is 25.1 Å². The summed E-state index contributed by atoms with van der Waals surface area (Å²) in [5.74, 6) is -0.214. The first-order chi connectivity index (χ1) is 12.8. The minimum atomic E-state index is -0.656. The quantitative estimate of drug-likeness (QED) is 0.345. The molecule has 0 aliphatic rings. The summed E-state index contributed by atoms with van der Waals surface area (Å²) in [6.07, 6.45) is 4.02. The number of thioether (sulfide) groups is 1. The summed E-state index contributed by atoms with van der Waals surface area (Å²) in [5.41, 5.74) is 0. The van der Waals surface area contributed by atoms with Crippen LogP contribution in [0.4, 0.5) is 0 Å². The molecule has 0 heterocycles. The van der Waals surface area contributed by atoms with E-state index in [1.54, 1.807) is 0 Å². The van der Waals surface area contributed by atoms with Gasteiger partial charge in [-0.3, -0.25) is 14.4 Å². The van der Waals surface area contributed by atoms with E-state index in [9.17, 15) is 24.0 Å². The number of carbonyl (C=O) groups is 5. The molecule has 0 spiro atoms. The van der Waals surface area contributed by atoms with Crippen LogP contribution in [0.3, 0.4) is 0 Å². The van der Waals surface area contributed by atoms with E-state index in [0.29, 0.717) is 31.4 Å². The molecular formula is C18H31N3O5S. The van der Waals surface area contributed by atoms with Crippen LogP contribution in [0.2, 0.25) is 0 Å². The molecule has 27 heavy (non-hydrogen) atoms. The maximum absolute atomic E-state index is 12.2. The summed E-state index contributed by atoms with van der Waals surface area (Å²) in [6, 6.07) is -0.656. The van der Waals surface area contributed by atoms with E-state index in [1.165, 1.54) is 25.6 Å². The summed E-state index contributed by atoms with van der Waals surface area (Å²) in [7, 11) is 0. The predicted molar refractivity (Wildman–Crippen MR) is 105 cm³/mol. The van der Waals surface area contributed by atoms with Crippen LogP contribution in [-0.2, 0) is 24.0 Å². The third-order valence-corrected chi connectivity index (χ3v) is 4.26. The molecule has 9 heteroatoms. The zero-order valence-electron chi connectivity index (χ0n) is 16.4. The van der Waals surface area contributed by atoms with Crippen molar-refractivity contribution in [3.8, 4) is 0 Å². The first kappa shape index (κ1) is 25.1. The number of carbonyl (C=O) groups excluding carboxylic acids is 5. The highest BCUT2D eigenvalue weighted by molar-refractivity contribution is 7.98. The summed E-state index contributed by atoms with van der Waals surface area (Å²) < 4.78 is 0. The molecule has 0 rings (SSSR count). The lowest BCUT2D eigenvalue weighted by Gasteiger charge is -2.17. The van der Waals surface area contributed by atoms with Gasteiger partial charge in [-0.1, -0.05) is 0 Å². The number of ketones is 2. The zero-order chi connectivity index (χ0) is 20.7. The van der Waals surface area contributed by atoms with Gasteiger partial charge in [0, 0.05) is 44.5 Å². The van der Waals surface area contributed by atoms with Gasteiger partial charge in [0.1, 0.15) is 17.6 Å². The van der Waals surface area contributed by atoms with Crippen LogP contribution in [-0.4, -0.2) is 60.4 Å². The zero-order valence-corrected chi connectivity index (χ0v) is 17.2. The Bertz CT molecular complexity index is 525. The lowest BCUT2D eigenvalue weighted by molar-refractivity contribution is -0.128. The molecule has 1 atom stereocenters. The SMILES string of the molecule is CSC[C@H](NC(=O)CCCC(C)=O)C(=O)NCCNC(=O)CCCC(C)=O. The molecule has 0 aromatic carbocycles. The average molecular weight is 402 g/mol. The van der Waals surface area contributed by atoms with E-state index in [4.69, 9.17) is 0 Å². The smallest absolute Gasteiger partial charge is 0.243 e. The first-order valence-electron chi connectivity index (χ1n) is 9.07. The Labute approximate surface area is 165 Å². The molecule has 3 amide bonds. The van der Waals surface area contributed by atoms with E-state index >= 15 is 0 Å². The third kappa shape index (κ3) is 14.9. The van der Waals surface area contributed by atoms with Crippen molar-refractivity contribution in [3.63, 3.8) is 0 Å². The molecule has 0 fully saturated rings. The van der Waals surface area contributed by atoms with E-state index in [1.807, 2.05) is 6.26 Å². The Kier molecular flexibility index (Phi) is 14.1. The van der Waals surface area contributed by atoms with Gasteiger partial charge in [-0.25, -0.2) is 0 Å². The Morgan fingerprint density at radius 1 is 0.778 bits per heavy atom. The van der Waals surface area contributed by atoms with Gasteiger partial charge < -0.3 is 25.5 Å². The Morgan fingerprint density at radius 3 is 1.81 bits per heavy atom. The van der Waals surface area contributed by atoms with E-state index in [0.717, 1.165) is 0 Å². The normalized spacial score (nSPS) is 11.4. The minimum absolute atomic E-state index is 0.0320. The number of rotatable bonds is 15. The molecule has 154 valence electrons. The molecule has 0 aliphatic carbocycles. The van der Waals surface area contributed by atoms with E-state index in [-0.39, 0.29) is 55.2 Å². The standard InChI is InChI=1S/C18H31N3O5S/c1-13(22)6-4-8-16(24)19-10-11-20-18(26)15(12-27-3)21-17(25)9-5-7-14(2)23/h15H,4-12H2,1-3H3,(H,19,24)(H,20,26)(H,21,25)/t15-/m0/s1. The molecule has 0 saturated carbocycles. The molecule has 0 radical (unpaired) electrons. The number of hydrogen-bond donors (Lipinski definition) is 3. The van der Waals surface area contributed by atoms with Gasteiger partial charge >= 0.3 is 0 Å². The fourth-order valence-electron chi connectivity index (χ4n) is 2.21. The summed E-state index contributed by atoms with van der Waals surface area (Å²) in [4.78, 5) is 57.4. The first-order valence-corrected chi connectivity index (χ1v) is 10.5. The fraction of sp³-hybridized carbons (Fsp3) is 0.722. The lowest BCUT2D eigenvalue weighted by atomic mass is 10.2. The van der Waals surface area contributed by atoms with Gasteiger partial charge in [-0.2, -0.15) is 11.8 Å². The predicted octanol–water partition coefficient (Wildman–Crippen LogP) is 0.585. The van der Waals surface area contributed by atoms with Crippen molar-refractivity contribution < 1.29 is 24.0 Å². The summed E-state index contributed by atoms with van der Waals surface area (Å²) in [6.45, 7) is 3.50. The molecule has 0 unspecified atom stereocenters. The second kappa shape index (κ2) is 15.2. The second-order valence-corrected chi connectivity index (χ2v) is 7.24. The number of hydrogen-bond acceptors (Lipinski definition) is 6. The Hall–Kier alpha value is -1.90. The lowest BCUT2D eigenvalue weighted by Crippen LogP contribution is -2.49. The van der Waals surface area contributed by atoms with Crippen LogP contribution < -0.4 is 16.0 Å². The van der Waals surface area contributed by atoms with Crippen LogP contribution >= 0.6 is 11.8 Å². The van der Waals surface area contributed by atoms with Crippen molar-refractivity contribution in [2.24, 2.45) is 0 Å². The number of nitrogens with one attached hydrogen (secondary N) is 3. The topological polar surface area (TPSA) is 121 Å². The van der Waals surface area contributed by atoms with Gasteiger partial charge in [-0.05, 0) is 32.9 Å².